The number of fused-ring (bicyclic) bond motifs is 1. The van der Waals surface area contributed by atoms with Crippen LogP contribution in [-0.2, 0) is 19.3 Å². The summed E-state index contributed by atoms with van der Waals surface area (Å²) >= 11 is 6.05. The fourth-order valence-corrected chi connectivity index (χ4v) is 4.65. The van der Waals surface area contributed by atoms with E-state index in [4.69, 9.17) is 11.6 Å². The summed E-state index contributed by atoms with van der Waals surface area (Å²) in [6.07, 6.45) is 0.481. The summed E-state index contributed by atoms with van der Waals surface area (Å²) in [5.41, 5.74) is 2.74. The van der Waals surface area contributed by atoms with Crippen LogP contribution in [0.3, 0.4) is 0 Å². The highest BCUT2D eigenvalue weighted by Crippen LogP contribution is 2.37. The Morgan fingerprint density at radius 1 is 1.08 bits per heavy atom. The number of hydrogen-bond acceptors (Lipinski definition) is 5. The molecule has 5 rings (SSSR count). The molecule has 0 atom stereocenters. The van der Waals surface area contributed by atoms with E-state index in [-0.39, 0.29) is 23.0 Å². The minimum absolute atomic E-state index is 0.00326. The summed E-state index contributed by atoms with van der Waals surface area (Å²) in [6, 6.07) is 16.3. The molecule has 10 heteroatoms. The van der Waals surface area contributed by atoms with Gasteiger partial charge in [-0.3, -0.25) is 9.78 Å². The molecule has 1 aliphatic rings. The summed E-state index contributed by atoms with van der Waals surface area (Å²) in [4.78, 5) is 23.4. The number of rotatable bonds is 6. The normalized spacial score (nSPS) is 13.0. The van der Waals surface area contributed by atoms with Gasteiger partial charge in [-0.25, -0.2) is 4.98 Å². The number of alkyl halides is 3. The molecule has 2 aromatic carbocycles. The summed E-state index contributed by atoms with van der Waals surface area (Å²) in [6.45, 7) is 1.34. The first-order chi connectivity index (χ1) is 18.3. The van der Waals surface area contributed by atoms with Crippen molar-refractivity contribution >= 4 is 29.0 Å². The Morgan fingerprint density at radius 3 is 2.66 bits per heavy atom. The Bertz CT molecular complexity index is 1460. The molecule has 0 radical (unpaired) electrons. The Kier molecular flexibility index (Phi) is 7.20. The van der Waals surface area contributed by atoms with Crippen LogP contribution in [0.1, 0.15) is 27.0 Å². The van der Waals surface area contributed by atoms with Crippen molar-refractivity contribution in [2.24, 2.45) is 0 Å². The van der Waals surface area contributed by atoms with E-state index in [0.717, 1.165) is 11.6 Å². The lowest BCUT2D eigenvalue weighted by Crippen LogP contribution is -2.34. The molecule has 1 aliphatic heterocycles. The van der Waals surface area contributed by atoms with Crippen LogP contribution in [0.15, 0.2) is 79.3 Å². The van der Waals surface area contributed by atoms with Crippen LogP contribution in [0.25, 0.3) is 11.1 Å². The molecule has 6 nitrogen and oxygen atoms in total. The zero-order chi connectivity index (χ0) is 26.7. The van der Waals surface area contributed by atoms with Crippen molar-refractivity contribution < 1.29 is 18.0 Å². The molecule has 0 bridgehead atoms. The Labute approximate surface area is 222 Å². The second-order valence-electron chi connectivity index (χ2n) is 8.82. The third-order valence-electron chi connectivity index (χ3n) is 6.30. The highest BCUT2D eigenvalue weighted by Gasteiger charge is 2.34. The number of nitrogens with zero attached hydrogens (tertiary/aromatic N) is 3. The number of aromatic nitrogens is 2. The summed E-state index contributed by atoms with van der Waals surface area (Å²) in [5.74, 6) is 0.314. The molecule has 0 saturated heterocycles. The van der Waals surface area contributed by atoms with E-state index in [9.17, 15) is 18.0 Å². The molecule has 0 aliphatic carbocycles. The number of pyridine rings is 2. The minimum atomic E-state index is -4.50. The number of nitrogens with one attached hydrogen (secondary N) is 2. The largest absolute Gasteiger partial charge is 0.416 e. The van der Waals surface area contributed by atoms with Crippen molar-refractivity contribution in [1.29, 1.82) is 0 Å². The Balaban J connectivity index is 1.45. The predicted molar refractivity (Wildman–Crippen MR) is 141 cm³/mol. The third kappa shape index (κ3) is 5.57. The first kappa shape index (κ1) is 25.5. The standard InChI is InChI=1S/C28H23ClF3N5O/c29-21-5-6-24(28(30,31)32)20(13-21)17-37-12-11-34-26-25(37)14-19(16-35-26)22-3-1-2-4-23(22)27(38)36-15-18-7-9-33-10-8-18/h1-10,13-14,16H,11-12,15,17H2,(H,34,35)(H,36,38). The predicted octanol–water partition coefficient (Wildman–Crippen LogP) is 6.18. The monoisotopic (exact) mass is 537 g/mol. The molecule has 194 valence electrons. The van der Waals surface area contributed by atoms with Gasteiger partial charge in [-0.05, 0) is 59.2 Å². The van der Waals surface area contributed by atoms with E-state index in [2.05, 4.69) is 20.6 Å². The van der Waals surface area contributed by atoms with Gasteiger partial charge in [0.15, 0.2) is 0 Å². The van der Waals surface area contributed by atoms with Crippen LogP contribution >= 0.6 is 11.6 Å². The van der Waals surface area contributed by atoms with Gasteiger partial charge in [0.2, 0.25) is 0 Å². The number of carbonyl (C=O) groups is 1. The van der Waals surface area contributed by atoms with E-state index in [1.807, 2.05) is 35.2 Å². The van der Waals surface area contributed by atoms with Gasteiger partial charge in [0, 0.05) is 60.9 Å². The maximum absolute atomic E-state index is 13.7. The molecule has 1 amide bonds. The van der Waals surface area contributed by atoms with Crippen molar-refractivity contribution in [3.05, 3.63) is 107 Å². The number of amides is 1. The Hall–Kier alpha value is -4.11. The molecule has 4 aromatic rings. The molecular formula is C28H23ClF3N5O. The first-order valence-corrected chi connectivity index (χ1v) is 12.3. The van der Waals surface area contributed by atoms with Crippen LogP contribution in [-0.4, -0.2) is 29.0 Å². The van der Waals surface area contributed by atoms with Gasteiger partial charge >= 0.3 is 6.18 Å². The van der Waals surface area contributed by atoms with E-state index < -0.39 is 11.7 Å². The number of halogens is 4. The first-order valence-electron chi connectivity index (χ1n) is 11.9. The van der Waals surface area contributed by atoms with Gasteiger partial charge < -0.3 is 15.5 Å². The van der Waals surface area contributed by atoms with Gasteiger partial charge in [-0.1, -0.05) is 29.8 Å². The van der Waals surface area contributed by atoms with Gasteiger partial charge in [0.05, 0.1) is 11.3 Å². The highest BCUT2D eigenvalue weighted by atomic mass is 35.5. The SMILES string of the molecule is O=C(NCc1ccncc1)c1ccccc1-c1cnc2c(c1)N(Cc1cc(Cl)ccc1C(F)(F)F)CCN2. The molecule has 2 N–H and O–H groups in total. The highest BCUT2D eigenvalue weighted by molar-refractivity contribution is 6.30. The number of anilines is 2. The van der Waals surface area contributed by atoms with E-state index in [1.54, 1.807) is 30.7 Å². The smallest absolute Gasteiger partial charge is 0.367 e. The van der Waals surface area contributed by atoms with Crippen LogP contribution in [0.4, 0.5) is 24.7 Å². The average molecular weight is 538 g/mol. The topological polar surface area (TPSA) is 70.2 Å². The van der Waals surface area contributed by atoms with Crippen molar-refractivity contribution in [3.63, 3.8) is 0 Å². The van der Waals surface area contributed by atoms with Gasteiger partial charge in [0.25, 0.3) is 5.91 Å². The lowest BCUT2D eigenvalue weighted by molar-refractivity contribution is -0.138. The Morgan fingerprint density at radius 2 is 1.87 bits per heavy atom. The van der Waals surface area contributed by atoms with Crippen molar-refractivity contribution in [3.8, 4) is 11.1 Å². The number of carbonyl (C=O) groups excluding carboxylic acids is 1. The van der Waals surface area contributed by atoms with Crippen molar-refractivity contribution in [2.45, 2.75) is 19.3 Å². The second kappa shape index (κ2) is 10.7. The minimum Gasteiger partial charge on any atom is -0.367 e. The maximum atomic E-state index is 13.7. The molecule has 2 aromatic heterocycles. The van der Waals surface area contributed by atoms with Crippen molar-refractivity contribution in [2.75, 3.05) is 23.3 Å². The van der Waals surface area contributed by atoms with Crippen LogP contribution in [0.2, 0.25) is 5.02 Å². The zero-order valence-electron chi connectivity index (χ0n) is 20.1. The zero-order valence-corrected chi connectivity index (χ0v) is 20.9. The van der Waals surface area contributed by atoms with E-state index in [0.29, 0.717) is 47.8 Å². The average Bonchev–Trinajstić information content (AvgIpc) is 2.91. The summed E-state index contributed by atoms with van der Waals surface area (Å²) in [7, 11) is 0. The third-order valence-corrected chi connectivity index (χ3v) is 6.54. The fraction of sp³-hybridized carbons (Fsp3) is 0.179. The van der Waals surface area contributed by atoms with Gasteiger partial charge in [-0.15, -0.1) is 0 Å². The summed E-state index contributed by atoms with van der Waals surface area (Å²) < 4.78 is 41.0. The molecule has 38 heavy (non-hydrogen) atoms. The van der Waals surface area contributed by atoms with E-state index in [1.165, 1.54) is 12.1 Å². The molecule has 0 spiro atoms. The van der Waals surface area contributed by atoms with Crippen LogP contribution < -0.4 is 15.5 Å². The second-order valence-corrected chi connectivity index (χ2v) is 9.26. The maximum Gasteiger partial charge on any atom is 0.416 e. The number of benzene rings is 2. The van der Waals surface area contributed by atoms with Crippen molar-refractivity contribution in [1.82, 2.24) is 15.3 Å². The number of hydrogen-bond donors (Lipinski definition) is 2. The fourth-order valence-electron chi connectivity index (χ4n) is 4.46. The van der Waals surface area contributed by atoms with Gasteiger partial charge in [-0.2, -0.15) is 13.2 Å². The van der Waals surface area contributed by atoms with Crippen LogP contribution in [0, 0.1) is 0 Å². The van der Waals surface area contributed by atoms with Crippen LogP contribution in [0.5, 0.6) is 0 Å². The quantitative estimate of drug-likeness (QED) is 0.307. The lowest BCUT2D eigenvalue weighted by Gasteiger charge is -2.32. The molecule has 0 fully saturated rings. The molecule has 3 heterocycles. The lowest BCUT2D eigenvalue weighted by atomic mass is 9.99. The van der Waals surface area contributed by atoms with E-state index >= 15 is 0 Å². The molecule has 0 unspecified atom stereocenters. The molecular weight excluding hydrogens is 515 g/mol. The molecule has 0 saturated carbocycles. The van der Waals surface area contributed by atoms with Gasteiger partial charge in [0.1, 0.15) is 5.82 Å². The summed E-state index contributed by atoms with van der Waals surface area (Å²) in [5, 5.41) is 6.37.